The molecule has 0 aromatic rings. The minimum atomic E-state index is -0.363. The van der Waals surface area contributed by atoms with Crippen LogP contribution in [0.2, 0.25) is 6.04 Å². The quantitative estimate of drug-likeness (QED) is 0.362. The summed E-state index contributed by atoms with van der Waals surface area (Å²) in [6.45, 7) is 8.23. The molecule has 0 aliphatic carbocycles. The molecule has 4 heteroatoms. The topological polar surface area (TPSA) is 44.5 Å². The molecule has 84 valence electrons. The van der Waals surface area contributed by atoms with Crippen molar-refractivity contribution in [3.05, 3.63) is 0 Å². The fraction of sp³-hybridized carbons (Fsp3) is 1.00. The van der Waals surface area contributed by atoms with E-state index in [0.29, 0.717) is 22.7 Å². The first kappa shape index (κ1) is 14.1. The molecule has 0 atom stereocenters. The van der Waals surface area contributed by atoms with Crippen LogP contribution in [-0.2, 0) is 9.47 Å². The Morgan fingerprint density at radius 3 is 2.14 bits per heavy atom. The highest BCUT2D eigenvalue weighted by Crippen LogP contribution is 2.13. The molecule has 2 radical (unpaired) electrons. The highest BCUT2D eigenvalue weighted by molar-refractivity contribution is 6.38. The van der Waals surface area contributed by atoms with Crippen LogP contribution in [0.15, 0.2) is 0 Å². The van der Waals surface area contributed by atoms with E-state index in [1.807, 2.05) is 20.8 Å². The molecule has 0 aromatic carbocycles. The van der Waals surface area contributed by atoms with Crippen molar-refractivity contribution < 1.29 is 9.47 Å². The predicted octanol–water partition coefficient (Wildman–Crippen LogP) is 1.59. The first-order valence-electron chi connectivity index (χ1n) is 5.41. The van der Waals surface area contributed by atoms with Crippen molar-refractivity contribution in [1.82, 2.24) is 0 Å². The van der Waals surface area contributed by atoms with E-state index >= 15 is 0 Å². The average Bonchev–Trinajstić information content (AvgIpc) is 2.13. The van der Waals surface area contributed by atoms with Gasteiger partial charge in [-0.25, -0.2) is 0 Å². The number of hydrogen-bond acceptors (Lipinski definition) is 3. The Morgan fingerprint density at radius 1 is 1.14 bits per heavy atom. The van der Waals surface area contributed by atoms with Gasteiger partial charge in [0, 0.05) is 13.2 Å². The van der Waals surface area contributed by atoms with Crippen LogP contribution in [0, 0.1) is 0 Å². The summed E-state index contributed by atoms with van der Waals surface area (Å²) in [4.78, 5) is 0. The lowest BCUT2D eigenvalue weighted by atomic mass is 10.3. The van der Waals surface area contributed by atoms with Crippen LogP contribution in [-0.4, -0.2) is 34.7 Å². The van der Waals surface area contributed by atoms with Crippen molar-refractivity contribution in [2.45, 2.75) is 45.1 Å². The van der Waals surface area contributed by atoms with E-state index < -0.39 is 0 Å². The maximum Gasteiger partial charge on any atom is 0.144 e. The molecule has 14 heavy (non-hydrogen) atoms. The van der Waals surface area contributed by atoms with Gasteiger partial charge in [-0.05, 0) is 33.7 Å². The summed E-state index contributed by atoms with van der Waals surface area (Å²) < 4.78 is 11.2. The molecular weight excluding hydrogens is 194 g/mol. The second-order valence-electron chi connectivity index (χ2n) is 3.23. The summed E-state index contributed by atoms with van der Waals surface area (Å²) in [6, 6.07) is 1.15. The van der Waals surface area contributed by atoms with Crippen LogP contribution in [0.4, 0.5) is 0 Å². The van der Waals surface area contributed by atoms with E-state index in [1.165, 1.54) is 6.42 Å². The molecule has 0 amide bonds. The minimum absolute atomic E-state index is 0.363. The Hall–Kier alpha value is 0.0969. The minimum Gasteiger partial charge on any atom is -0.355 e. The summed E-state index contributed by atoms with van der Waals surface area (Å²) in [6.07, 6.45) is 2.27. The molecule has 0 bridgehead atoms. The molecule has 0 rings (SSSR count). The third-order valence-electron chi connectivity index (χ3n) is 1.92. The van der Waals surface area contributed by atoms with E-state index in [9.17, 15) is 0 Å². The van der Waals surface area contributed by atoms with E-state index in [2.05, 4.69) is 0 Å². The van der Waals surface area contributed by atoms with Crippen molar-refractivity contribution >= 4 is 9.52 Å². The molecule has 0 aromatic heterocycles. The summed E-state index contributed by atoms with van der Waals surface area (Å²) in [5.74, 6) is 0. The summed E-state index contributed by atoms with van der Waals surface area (Å²) >= 11 is 0. The number of unbranched alkanes of at least 4 members (excludes halogenated alkanes) is 1. The average molecular weight is 217 g/mol. The highest BCUT2D eigenvalue weighted by Gasteiger charge is 2.24. The van der Waals surface area contributed by atoms with Gasteiger partial charge >= 0.3 is 0 Å². The van der Waals surface area contributed by atoms with Gasteiger partial charge < -0.3 is 15.2 Å². The van der Waals surface area contributed by atoms with Gasteiger partial charge in [-0.2, -0.15) is 0 Å². The third kappa shape index (κ3) is 6.54. The lowest BCUT2D eigenvalue weighted by Crippen LogP contribution is -2.39. The zero-order chi connectivity index (χ0) is 10.9. The molecule has 0 fully saturated rings. The number of nitrogens with two attached hydrogens (primary N) is 1. The summed E-state index contributed by atoms with van der Waals surface area (Å²) in [7, 11) is 0.700. The maximum atomic E-state index is 5.61. The van der Waals surface area contributed by atoms with Crippen molar-refractivity contribution in [3.63, 3.8) is 0 Å². The fourth-order valence-electron chi connectivity index (χ4n) is 1.28. The lowest BCUT2D eigenvalue weighted by molar-refractivity contribution is -0.163. The zero-order valence-corrected chi connectivity index (χ0v) is 10.6. The fourth-order valence-corrected chi connectivity index (χ4v) is 2.65. The van der Waals surface area contributed by atoms with Crippen LogP contribution in [0.5, 0.6) is 0 Å². The molecule has 0 aliphatic rings. The molecule has 0 spiro atoms. The Bertz CT molecular complexity index is 127. The van der Waals surface area contributed by atoms with Gasteiger partial charge in [-0.3, -0.25) is 0 Å². The van der Waals surface area contributed by atoms with Crippen LogP contribution < -0.4 is 5.73 Å². The Balaban J connectivity index is 3.71. The van der Waals surface area contributed by atoms with Crippen LogP contribution >= 0.6 is 0 Å². The van der Waals surface area contributed by atoms with E-state index in [-0.39, 0.29) is 5.41 Å². The first-order chi connectivity index (χ1) is 6.68. The first-order valence-corrected chi connectivity index (χ1v) is 6.62. The predicted molar refractivity (Wildman–Crippen MR) is 60.5 cm³/mol. The van der Waals surface area contributed by atoms with Gasteiger partial charge in [0.15, 0.2) is 0 Å². The molecule has 3 nitrogen and oxygen atoms in total. The largest absolute Gasteiger partial charge is 0.355 e. The SMILES string of the molecule is CCOC(C)(OCC)[Si]CCCCN. The molecule has 0 saturated carbocycles. The normalized spacial score (nSPS) is 12.0. The molecule has 2 N–H and O–H groups in total. The van der Waals surface area contributed by atoms with Crippen molar-refractivity contribution in [2.75, 3.05) is 19.8 Å². The number of hydrogen-bond donors (Lipinski definition) is 1. The van der Waals surface area contributed by atoms with Gasteiger partial charge in [-0.15, -0.1) is 0 Å². The smallest absolute Gasteiger partial charge is 0.144 e. The summed E-state index contributed by atoms with van der Waals surface area (Å²) in [5, 5.41) is 0. The van der Waals surface area contributed by atoms with E-state index in [4.69, 9.17) is 15.2 Å². The summed E-state index contributed by atoms with van der Waals surface area (Å²) in [5.41, 5.74) is 5.07. The molecule has 0 saturated heterocycles. The Morgan fingerprint density at radius 2 is 1.71 bits per heavy atom. The third-order valence-corrected chi connectivity index (χ3v) is 3.45. The van der Waals surface area contributed by atoms with E-state index in [1.54, 1.807) is 0 Å². The zero-order valence-electron chi connectivity index (χ0n) is 9.64. The Labute approximate surface area is 90.2 Å². The van der Waals surface area contributed by atoms with Gasteiger partial charge in [0.2, 0.25) is 0 Å². The van der Waals surface area contributed by atoms with Crippen LogP contribution in [0.25, 0.3) is 0 Å². The standard InChI is InChI=1S/C10H23NO2Si/c1-4-12-10(3,13-5-2)14-9-7-6-8-11/h4-9,11H2,1-3H3. The van der Waals surface area contributed by atoms with Gasteiger partial charge in [0.05, 0.1) is 0 Å². The number of rotatable bonds is 9. The van der Waals surface area contributed by atoms with Crippen LogP contribution in [0.3, 0.4) is 0 Å². The molecule has 0 unspecified atom stereocenters. The van der Waals surface area contributed by atoms with Gasteiger partial charge in [0.25, 0.3) is 0 Å². The molecule has 0 heterocycles. The number of ether oxygens (including phenoxy) is 2. The van der Waals surface area contributed by atoms with Crippen molar-refractivity contribution in [3.8, 4) is 0 Å². The van der Waals surface area contributed by atoms with Gasteiger partial charge in [0.1, 0.15) is 14.9 Å². The molecule has 0 aliphatic heterocycles. The second-order valence-corrected chi connectivity index (χ2v) is 5.00. The van der Waals surface area contributed by atoms with Crippen LogP contribution in [0.1, 0.15) is 33.6 Å². The second kappa shape index (κ2) is 8.41. The Kier molecular flexibility index (Phi) is 8.47. The van der Waals surface area contributed by atoms with Crippen molar-refractivity contribution in [2.24, 2.45) is 5.73 Å². The maximum absolute atomic E-state index is 5.61. The monoisotopic (exact) mass is 217 g/mol. The lowest BCUT2D eigenvalue weighted by Gasteiger charge is -2.28. The van der Waals surface area contributed by atoms with Gasteiger partial charge in [-0.1, -0.05) is 12.5 Å². The van der Waals surface area contributed by atoms with E-state index in [0.717, 1.165) is 19.0 Å². The highest BCUT2D eigenvalue weighted by atomic mass is 28.2. The molecular formula is C10H23NO2Si. The van der Waals surface area contributed by atoms with Crippen molar-refractivity contribution in [1.29, 1.82) is 0 Å².